The molecule has 1 aliphatic heterocycles. The van der Waals surface area contributed by atoms with Gasteiger partial charge in [-0.3, -0.25) is 9.59 Å². The molecule has 0 saturated carbocycles. The average Bonchev–Trinajstić information content (AvgIpc) is 2.78. The molecule has 1 N–H and O–H groups in total. The van der Waals surface area contributed by atoms with Crippen LogP contribution in [0, 0.1) is 0 Å². The Labute approximate surface area is 142 Å². The number of hydrogen-bond donors (Lipinski definition) is 1. The first-order valence-electron chi connectivity index (χ1n) is 8.26. The summed E-state index contributed by atoms with van der Waals surface area (Å²) in [5.41, 5.74) is 4.18. The largest absolute Gasteiger partial charge is 0.344 e. The summed E-state index contributed by atoms with van der Waals surface area (Å²) < 4.78 is 0. The first kappa shape index (κ1) is 16.4. The van der Waals surface area contributed by atoms with Crippen LogP contribution >= 0.6 is 0 Å². The summed E-state index contributed by atoms with van der Waals surface area (Å²) in [4.78, 5) is 28.9. The average molecular weight is 323 g/mol. The quantitative estimate of drug-likeness (QED) is 0.679. The van der Waals surface area contributed by atoms with Crippen molar-refractivity contribution in [3.63, 3.8) is 0 Å². The standard InChI is InChI=1S/C20H22N2O2/c1-13-11-15(12-14(2)22(13)10-9-21(3)4)18-19(23)16-7-5-6-8-17(16)20(18)24/h5-8,11-12H,9-10H2,1-4H3/p+1. The number of nitrogens with zero attached hydrogens (tertiary/aromatic N) is 1. The van der Waals surface area contributed by atoms with Crippen molar-refractivity contribution in [3.8, 4) is 0 Å². The molecule has 1 aliphatic carbocycles. The van der Waals surface area contributed by atoms with Gasteiger partial charge in [0.25, 0.3) is 0 Å². The molecular weight excluding hydrogens is 300 g/mol. The van der Waals surface area contributed by atoms with Gasteiger partial charge >= 0.3 is 0 Å². The van der Waals surface area contributed by atoms with Crippen LogP contribution in [0.25, 0.3) is 0 Å². The van der Waals surface area contributed by atoms with Crippen LogP contribution in [0.15, 0.2) is 59.0 Å². The predicted octanol–water partition coefficient (Wildman–Crippen LogP) is 1.63. The third-order valence-electron chi connectivity index (χ3n) is 4.57. The Kier molecular flexibility index (Phi) is 4.24. The fourth-order valence-electron chi connectivity index (χ4n) is 3.27. The molecule has 0 spiro atoms. The van der Waals surface area contributed by atoms with E-state index in [9.17, 15) is 9.59 Å². The Morgan fingerprint density at radius 1 is 0.917 bits per heavy atom. The molecule has 4 nitrogen and oxygen atoms in total. The van der Waals surface area contributed by atoms with E-state index in [1.807, 2.05) is 26.0 Å². The molecule has 0 atom stereocenters. The summed E-state index contributed by atoms with van der Waals surface area (Å²) in [6.45, 7) is 5.99. The number of carbonyl (C=O) groups excluding carboxylic acids is 2. The van der Waals surface area contributed by atoms with Gasteiger partial charge in [0.15, 0.2) is 11.6 Å². The molecule has 0 saturated heterocycles. The number of allylic oxidation sites excluding steroid dienone is 6. The van der Waals surface area contributed by atoms with Gasteiger partial charge in [-0.15, -0.1) is 0 Å². The second-order valence-corrected chi connectivity index (χ2v) is 6.71. The Morgan fingerprint density at radius 3 is 1.88 bits per heavy atom. The van der Waals surface area contributed by atoms with E-state index in [-0.39, 0.29) is 11.6 Å². The topological polar surface area (TPSA) is 41.8 Å². The molecule has 1 aromatic carbocycles. The van der Waals surface area contributed by atoms with Crippen molar-refractivity contribution in [1.29, 1.82) is 0 Å². The van der Waals surface area contributed by atoms with Crippen LogP contribution in [-0.2, 0) is 0 Å². The first-order valence-corrected chi connectivity index (χ1v) is 8.26. The second-order valence-electron chi connectivity index (χ2n) is 6.71. The molecule has 0 radical (unpaired) electrons. The molecule has 124 valence electrons. The minimum absolute atomic E-state index is 0.162. The summed E-state index contributed by atoms with van der Waals surface area (Å²) in [5.74, 6) is -0.324. The number of ketones is 2. The number of hydrogen-bond acceptors (Lipinski definition) is 3. The smallest absolute Gasteiger partial charge is 0.198 e. The van der Waals surface area contributed by atoms with Crippen molar-refractivity contribution < 1.29 is 14.5 Å². The van der Waals surface area contributed by atoms with E-state index in [1.54, 1.807) is 24.3 Å². The SMILES string of the molecule is CC1=CC(=C2C(=O)c3ccccc3C2=O)C=C(C)N1CC[NH+](C)C. The molecule has 24 heavy (non-hydrogen) atoms. The van der Waals surface area contributed by atoms with Crippen LogP contribution in [-0.4, -0.2) is 43.7 Å². The third-order valence-corrected chi connectivity index (χ3v) is 4.57. The maximum atomic E-state index is 12.7. The summed E-state index contributed by atoms with van der Waals surface area (Å²) in [5, 5.41) is 0. The van der Waals surface area contributed by atoms with Crippen molar-refractivity contribution in [2.45, 2.75) is 13.8 Å². The zero-order valence-electron chi connectivity index (χ0n) is 14.6. The monoisotopic (exact) mass is 323 g/mol. The first-order chi connectivity index (χ1) is 11.4. The van der Waals surface area contributed by atoms with Crippen molar-refractivity contribution in [2.24, 2.45) is 0 Å². The van der Waals surface area contributed by atoms with Crippen molar-refractivity contribution in [2.75, 3.05) is 27.2 Å². The maximum Gasteiger partial charge on any atom is 0.198 e. The molecule has 1 heterocycles. The maximum absolute atomic E-state index is 12.7. The lowest BCUT2D eigenvalue weighted by Gasteiger charge is -2.30. The zero-order chi connectivity index (χ0) is 17.4. The van der Waals surface area contributed by atoms with E-state index in [0.29, 0.717) is 16.7 Å². The van der Waals surface area contributed by atoms with E-state index in [0.717, 1.165) is 30.1 Å². The Balaban J connectivity index is 1.99. The summed E-state index contributed by atoms with van der Waals surface area (Å²) in [6.07, 6.45) is 3.91. The van der Waals surface area contributed by atoms with Gasteiger partial charge in [-0.1, -0.05) is 24.3 Å². The van der Waals surface area contributed by atoms with Gasteiger partial charge in [0, 0.05) is 22.5 Å². The van der Waals surface area contributed by atoms with E-state index in [2.05, 4.69) is 19.0 Å². The van der Waals surface area contributed by atoms with Crippen LogP contribution < -0.4 is 4.90 Å². The number of fused-ring (bicyclic) bond motifs is 1. The lowest BCUT2D eigenvalue weighted by Crippen LogP contribution is -3.06. The third kappa shape index (κ3) is 2.74. The van der Waals surface area contributed by atoms with Crippen LogP contribution in [0.5, 0.6) is 0 Å². The Hall–Kier alpha value is -2.46. The van der Waals surface area contributed by atoms with E-state index in [4.69, 9.17) is 0 Å². The molecule has 0 amide bonds. The molecule has 0 bridgehead atoms. The van der Waals surface area contributed by atoms with Gasteiger partial charge in [-0.2, -0.15) is 0 Å². The van der Waals surface area contributed by atoms with Crippen LogP contribution in [0.2, 0.25) is 0 Å². The molecule has 2 aliphatic rings. The fourth-order valence-corrected chi connectivity index (χ4v) is 3.27. The number of benzene rings is 1. The number of likely N-dealkylation sites (N-methyl/N-ethyl adjacent to an activating group) is 1. The summed E-state index contributed by atoms with van der Waals surface area (Å²) in [6, 6.07) is 7.05. The molecule has 4 heteroatoms. The zero-order valence-corrected chi connectivity index (χ0v) is 14.6. The van der Waals surface area contributed by atoms with Gasteiger partial charge in [-0.05, 0) is 31.6 Å². The van der Waals surface area contributed by atoms with Crippen LogP contribution in [0.4, 0.5) is 0 Å². The van der Waals surface area contributed by atoms with Gasteiger partial charge in [0.1, 0.15) is 0 Å². The predicted molar refractivity (Wildman–Crippen MR) is 94.0 cm³/mol. The fraction of sp³-hybridized carbons (Fsp3) is 0.300. The van der Waals surface area contributed by atoms with Gasteiger partial charge in [0.05, 0.1) is 32.8 Å². The number of quaternary nitrogens is 1. The van der Waals surface area contributed by atoms with Crippen molar-refractivity contribution in [3.05, 3.63) is 70.1 Å². The van der Waals surface area contributed by atoms with E-state index < -0.39 is 0 Å². The van der Waals surface area contributed by atoms with Gasteiger partial charge < -0.3 is 9.80 Å². The molecule has 1 aromatic rings. The van der Waals surface area contributed by atoms with Crippen molar-refractivity contribution in [1.82, 2.24) is 4.90 Å². The highest BCUT2D eigenvalue weighted by atomic mass is 16.2. The van der Waals surface area contributed by atoms with Gasteiger partial charge in [0.2, 0.25) is 0 Å². The summed E-state index contributed by atoms with van der Waals surface area (Å²) >= 11 is 0. The van der Waals surface area contributed by atoms with E-state index in [1.165, 1.54) is 4.90 Å². The normalized spacial score (nSPS) is 17.5. The van der Waals surface area contributed by atoms with Gasteiger partial charge in [-0.25, -0.2) is 0 Å². The summed E-state index contributed by atoms with van der Waals surface area (Å²) in [7, 11) is 4.26. The number of nitrogens with one attached hydrogen (secondary N) is 1. The van der Waals surface area contributed by atoms with Crippen LogP contribution in [0.3, 0.4) is 0 Å². The molecule has 0 unspecified atom stereocenters. The van der Waals surface area contributed by atoms with Crippen LogP contribution in [0.1, 0.15) is 34.6 Å². The second kappa shape index (κ2) is 6.21. The minimum Gasteiger partial charge on any atom is -0.344 e. The molecule has 0 fully saturated rings. The minimum atomic E-state index is -0.162. The number of Topliss-reactive ketones (excluding diaryl/α,β-unsaturated/α-hetero) is 2. The molecular formula is C20H23N2O2+. The lowest BCUT2D eigenvalue weighted by molar-refractivity contribution is -0.857. The lowest BCUT2D eigenvalue weighted by atomic mass is 9.98. The Bertz CT molecular complexity index is 754. The molecule has 3 rings (SSSR count). The highest BCUT2D eigenvalue weighted by Gasteiger charge is 2.35. The highest BCUT2D eigenvalue weighted by Crippen LogP contribution is 2.32. The Morgan fingerprint density at radius 2 is 1.42 bits per heavy atom. The molecule has 0 aromatic heterocycles. The van der Waals surface area contributed by atoms with E-state index >= 15 is 0 Å². The number of carbonyl (C=O) groups is 2. The number of rotatable bonds is 3. The van der Waals surface area contributed by atoms with Crippen molar-refractivity contribution >= 4 is 11.6 Å². The highest BCUT2D eigenvalue weighted by molar-refractivity contribution is 6.40.